The summed E-state index contributed by atoms with van der Waals surface area (Å²) in [5.74, 6) is 0.734. The van der Waals surface area contributed by atoms with Gasteiger partial charge in [-0.2, -0.15) is 0 Å². The molecule has 3 rings (SSSR count). The summed E-state index contributed by atoms with van der Waals surface area (Å²) in [6.07, 6.45) is 1.83. The number of likely N-dealkylation sites (tertiary alicyclic amines) is 1. The molecule has 0 aliphatic carbocycles. The molecule has 21 heavy (non-hydrogen) atoms. The second-order valence-electron chi connectivity index (χ2n) is 6.38. The number of hydrogen-bond acceptors (Lipinski definition) is 3. The minimum Gasteiger partial charge on any atom is -0.353 e. The molecular formula is C17H25N3O. The van der Waals surface area contributed by atoms with Gasteiger partial charge in [-0.3, -0.25) is 4.79 Å². The minimum absolute atomic E-state index is 0.199. The van der Waals surface area contributed by atoms with Crippen LogP contribution in [0, 0.1) is 0 Å². The van der Waals surface area contributed by atoms with Gasteiger partial charge < -0.3 is 15.5 Å². The van der Waals surface area contributed by atoms with Crippen molar-refractivity contribution < 1.29 is 4.79 Å². The van der Waals surface area contributed by atoms with E-state index in [0.29, 0.717) is 5.92 Å². The zero-order valence-corrected chi connectivity index (χ0v) is 12.8. The van der Waals surface area contributed by atoms with E-state index in [4.69, 9.17) is 0 Å². The van der Waals surface area contributed by atoms with E-state index in [2.05, 4.69) is 52.8 Å². The highest BCUT2D eigenvalue weighted by molar-refractivity contribution is 5.87. The van der Waals surface area contributed by atoms with Crippen molar-refractivity contribution in [2.75, 3.05) is 32.7 Å². The Bertz CT molecular complexity index is 480. The molecule has 0 saturated carbocycles. The van der Waals surface area contributed by atoms with Crippen molar-refractivity contribution in [2.24, 2.45) is 0 Å². The van der Waals surface area contributed by atoms with Gasteiger partial charge in [0.1, 0.15) is 5.54 Å². The smallest absolute Gasteiger partial charge is 0.240 e. The molecular weight excluding hydrogens is 262 g/mol. The predicted molar refractivity (Wildman–Crippen MR) is 84.3 cm³/mol. The summed E-state index contributed by atoms with van der Waals surface area (Å²) in [7, 11) is 0. The van der Waals surface area contributed by atoms with Crippen molar-refractivity contribution in [1.82, 2.24) is 15.5 Å². The molecule has 2 aliphatic rings. The highest BCUT2D eigenvalue weighted by Gasteiger charge is 2.42. The Labute approximate surface area is 126 Å². The van der Waals surface area contributed by atoms with E-state index in [-0.39, 0.29) is 11.4 Å². The lowest BCUT2D eigenvalue weighted by atomic mass is 9.84. The van der Waals surface area contributed by atoms with Crippen molar-refractivity contribution >= 4 is 5.91 Å². The molecule has 0 unspecified atom stereocenters. The topological polar surface area (TPSA) is 44.4 Å². The molecule has 2 fully saturated rings. The van der Waals surface area contributed by atoms with E-state index in [1.807, 2.05) is 0 Å². The van der Waals surface area contributed by atoms with E-state index in [9.17, 15) is 4.79 Å². The SMILES string of the molecule is C[C@H](CN1CCC2(CC1)NCCNC2=O)c1ccccc1. The van der Waals surface area contributed by atoms with Crippen LogP contribution in [0.1, 0.15) is 31.2 Å². The summed E-state index contributed by atoms with van der Waals surface area (Å²) in [4.78, 5) is 14.6. The van der Waals surface area contributed by atoms with E-state index in [1.54, 1.807) is 0 Å². The molecule has 1 spiro atoms. The number of rotatable bonds is 3. The molecule has 0 radical (unpaired) electrons. The lowest BCUT2D eigenvalue weighted by molar-refractivity contribution is -0.131. The number of piperazine rings is 1. The average molecular weight is 287 g/mol. The summed E-state index contributed by atoms with van der Waals surface area (Å²) >= 11 is 0. The van der Waals surface area contributed by atoms with Crippen molar-refractivity contribution in [3.05, 3.63) is 35.9 Å². The molecule has 0 bridgehead atoms. The molecule has 2 saturated heterocycles. The van der Waals surface area contributed by atoms with Gasteiger partial charge >= 0.3 is 0 Å². The normalized spacial score (nSPS) is 23.8. The lowest BCUT2D eigenvalue weighted by Gasteiger charge is -2.44. The quantitative estimate of drug-likeness (QED) is 0.882. The van der Waals surface area contributed by atoms with Crippen molar-refractivity contribution in [1.29, 1.82) is 0 Å². The second kappa shape index (κ2) is 6.16. The molecule has 4 nitrogen and oxygen atoms in total. The molecule has 1 aromatic rings. The number of hydrogen-bond donors (Lipinski definition) is 2. The maximum atomic E-state index is 12.1. The van der Waals surface area contributed by atoms with Gasteiger partial charge in [-0.25, -0.2) is 0 Å². The third-order valence-corrected chi connectivity index (χ3v) is 4.92. The largest absolute Gasteiger partial charge is 0.353 e. The van der Waals surface area contributed by atoms with Crippen molar-refractivity contribution in [2.45, 2.75) is 31.2 Å². The molecule has 1 atom stereocenters. The van der Waals surface area contributed by atoms with Crippen LogP contribution < -0.4 is 10.6 Å². The number of amides is 1. The van der Waals surface area contributed by atoms with Gasteiger partial charge in [0.2, 0.25) is 5.91 Å². The Balaban J connectivity index is 1.55. The van der Waals surface area contributed by atoms with Crippen LogP contribution >= 0.6 is 0 Å². The van der Waals surface area contributed by atoms with E-state index >= 15 is 0 Å². The lowest BCUT2D eigenvalue weighted by Crippen LogP contribution is -2.66. The Morgan fingerprint density at radius 1 is 1.19 bits per heavy atom. The van der Waals surface area contributed by atoms with Gasteiger partial charge in [-0.05, 0) is 24.3 Å². The number of benzene rings is 1. The van der Waals surface area contributed by atoms with Crippen LogP contribution in [0.2, 0.25) is 0 Å². The van der Waals surface area contributed by atoms with Gasteiger partial charge in [0.15, 0.2) is 0 Å². The number of carbonyl (C=O) groups is 1. The summed E-state index contributed by atoms with van der Waals surface area (Å²) in [5.41, 5.74) is 1.09. The first-order chi connectivity index (χ1) is 10.2. The summed E-state index contributed by atoms with van der Waals surface area (Å²) in [6, 6.07) is 10.7. The molecule has 114 valence electrons. The Morgan fingerprint density at radius 3 is 2.57 bits per heavy atom. The van der Waals surface area contributed by atoms with E-state index in [1.165, 1.54) is 5.56 Å². The monoisotopic (exact) mass is 287 g/mol. The second-order valence-corrected chi connectivity index (χ2v) is 6.38. The Morgan fingerprint density at radius 2 is 1.90 bits per heavy atom. The first-order valence-electron chi connectivity index (χ1n) is 8.00. The fraction of sp³-hybridized carbons (Fsp3) is 0.588. The fourth-order valence-electron chi connectivity index (χ4n) is 3.52. The van der Waals surface area contributed by atoms with Gasteiger partial charge in [0.25, 0.3) is 0 Å². The van der Waals surface area contributed by atoms with Crippen LogP contribution in [0.5, 0.6) is 0 Å². The molecule has 2 N–H and O–H groups in total. The third kappa shape index (κ3) is 3.11. The van der Waals surface area contributed by atoms with Crippen molar-refractivity contribution in [3.63, 3.8) is 0 Å². The van der Waals surface area contributed by atoms with Crippen LogP contribution in [0.3, 0.4) is 0 Å². The van der Waals surface area contributed by atoms with Gasteiger partial charge in [0.05, 0.1) is 0 Å². The predicted octanol–water partition coefficient (Wildman–Crippen LogP) is 1.34. The zero-order chi connectivity index (χ0) is 14.7. The number of nitrogens with zero attached hydrogens (tertiary/aromatic N) is 1. The maximum absolute atomic E-state index is 12.1. The Kier molecular flexibility index (Phi) is 4.27. The summed E-state index contributed by atoms with van der Waals surface area (Å²) < 4.78 is 0. The fourth-order valence-corrected chi connectivity index (χ4v) is 3.52. The maximum Gasteiger partial charge on any atom is 0.240 e. The molecule has 4 heteroatoms. The standard InChI is InChI=1S/C17H25N3O/c1-14(15-5-3-2-4-6-15)13-20-11-7-17(8-12-20)16(21)18-9-10-19-17/h2-6,14,19H,7-13H2,1H3,(H,18,21)/t14-/m1/s1. The van der Waals surface area contributed by atoms with Crippen LogP contribution in [0.25, 0.3) is 0 Å². The molecule has 2 aliphatic heterocycles. The van der Waals surface area contributed by atoms with Gasteiger partial charge in [0, 0.05) is 32.7 Å². The van der Waals surface area contributed by atoms with Gasteiger partial charge in [-0.15, -0.1) is 0 Å². The Hall–Kier alpha value is -1.39. The molecule has 0 aromatic heterocycles. The zero-order valence-electron chi connectivity index (χ0n) is 12.8. The van der Waals surface area contributed by atoms with Crippen LogP contribution in [0.15, 0.2) is 30.3 Å². The van der Waals surface area contributed by atoms with Crippen LogP contribution in [0.4, 0.5) is 0 Å². The van der Waals surface area contributed by atoms with E-state index < -0.39 is 0 Å². The molecule has 1 amide bonds. The highest BCUT2D eigenvalue weighted by atomic mass is 16.2. The highest BCUT2D eigenvalue weighted by Crippen LogP contribution is 2.26. The summed E-state index contributed by atoms with van der Waals surface area (Å²) in [5, 5.41) is 6.46. The number of carbonyl (C=O) groups excluding carboxylic acids is 1. The van der Waals surface area contributed by atoms with Crippen LogP contribution in [-0.2, 0) is 4.79 Å². The van der Waals surface area contributed by atoms with Crippen LogP contribution in [-0.4, -0.2) is 49.1 Å². The average Bonchev–Trinajstić information content (AvgIpc) is 2.53. The number of piperidine rings is 1. The van der Waals surface area contributed by atoms with Crippen molar-refractivity contribution in [3.8, 4) is 0 Å². The molecule has 1 aromatic carbocycles. The number of nitrogens with one attached hydrogen (secondary N) is 2. The van der Waals surface area contributed by atoms with E-state index in [0.717, 1.165) is 45.6 Å². The minimum atomic E-state index is -0.301. The van der Waals surface area contributed by atoms with Gasteiger partial charge in [-0.1, -0.05) is 37.3 Å². The summed E-state index contributed by atoms with van der Waals surface area (Å²) in [6.45, 7) is 7.00. The first kappa shape index (κ1) is 14.5. The molecule has 2 heterocycles. The first-order valence-corrected chi connectivity index (χ1v) is 8.00. The third-order valence-electron chi connectivity index (χ3n) is 4.92.